The Kier molecular flexibility index (Phi) is 4.50. The third-order valence-corrected chi connectivity index (χ3v) is 4.36. The lowest BCUT2D eigenvalue weighted by Crippen LogP contribution is -2.20. The van der Waals surface area contributed by atoms with Gasteiger partial charge in [-0.3, -0.25) is 9.52 Å². The van der Waals surface area contributed by atoms with Gasteiger partial charge in [-0.1, -0.05) is 20.8 Å². The molecule has 1 heterocycles. The van der Waals surface area contributed by atoms with Crippen LogP contribution in [0.15, 0.2) is 5.38 Å². The van der Waals surface area contributed by atoms with E-state index in [-0.39, 0.29) is 27.8 Å². The summed E-state index contributed by atoms with van der Waals surface area (Å²) in [6.07, 6.45) is 0.563. The fourth-order valence-electron chi connectivity index (χ4n) is 1.11. The highest BCUT2D eigenvalue weighted by atomic mass is 32.2. The Morgan fingerprint density at radius 3 is 2.50 bits per heavy atom. The zero-order chi connectivity index (χ0) is 14.0. The van der Waals surface area contributed by atoms with Crippen LogP contribution in [0.4, 0.5) is 5.13 Å². The molecule has 0 bridgehead atoms. The number of hydrogen-bond acceptors (Lipinski definition) is 5. The van der Waals surface area contributed by atoms with Gasteiger partial charge in [0.15, 0.2) is 10.9 Å². The predicted molar refractivity (Wildman–Crippen MR) is 73.6 cm³/mol. The lowest BCUT2D eigenvalue weighted by molar-refractivity contribution is 0.101. The fourth-order valence-corrected chi connectivity index (χ4v) is 3.57. The Labute approximate surface area is 112 Å². The van der Waals surface area contributed by atoms with Crippen molar-refractivity contribution in [2.24, 2.45) is 5.41 Å². The molecule has 1 N–H and O–H groups in total. The van der Waals surface area contributed by atoms with E-state index in [0.29, 0.717) is 6.42 Å². The van der Waals surface area contributed by atoms with Crippen molar-refractivity contribution in [1.82, 2.24) is 4.98 Å². The van der Waals surface area contributed by atoms with Gasteiger partial charge in [0.2, 0.25) is 10.0 Å². The Morgan fingerprint density at radius 1 is 1.44 bits per heavy atom. The molecule has 0 radical (unpaired) electrons. The highest BCUT2D eigenvalue weighted by Crippen LogP contribution is 2.21. The van der Waals surface area contributed by atoms with Gasteiger partial charge in [-0.15, -0.1) is 11.3 Å². The summed E-state index contributed by atoms with van der Waals surface area (Å²) in [7, 11) is -3.39. The molecule has 0 saturated carbocycles. The van der Waals surface area contributed by atoms with Crippen LogP contribution in [0, 0.1) is 5.41 Å². The van der Waals surface area contributed by atoms with Gasteiger partial charge in [-0.2, -0.15) is 0 Å². The van der Waals surface area contributed by atoms with Crippen LogP contribution in [0.3, 0.4) is 0 Å². The lowest BCUT2D eigenvalue weighted by atomic mass is 9.94. The van der Waals surface area contributed by atoms with Crippen molar-refractivity contribution in [2.75, 3.05) is 10.5 Å². The minimum atomic E-state index is -3.39. The SMILES string of the molecule is CC(=O)c1csc(NS(=O)(=O)CCC(C)(C)C)n1. The van der Waals surface area contributed by atoms with Gasteiger partial charge in [0.05, 0.1) is 5.75 Å². The van der Waals surface area contributed by atoms with E-state index in [0.717, 1.165) is 11.3 Å². The molecule has 0 aliphatic rings. The van der Waals surface area contributed by atoms with Crippen molar-refractivity contribution in [3.63, 3.8) is 0 Å². The minimum absolute atomic E-state index is 0.0395. The molecular formula is C11H18N2O3S2. The molecule has 0 aliphatic heterocycles. The topological polar surface area (TPSA) is 76.1 Å². The van der Waals surface area contributed by atoms with Crippen molar-refractivity contribution in [2.45, 2.75) is 34.1 Å². The third-order valence-electron chi connectivity index (χ3n) is 2.23. The summed E-state index contributed by atoms with van der Waals surface area (Å²) in [5.74, 6) is -0.128. The summed E-state index contributed by atoms with van der Waals surface area (Å²) in [4.78, 5) is 15.0. The van der Waals surface area contributed by atoms with Crippen LogP contribution in [-0.4, -0.2) is 24.9 Å². The van der Waals surface area contributed by atoms with Crippen LogP contribution in [0.25, 0.3) is 0 Å². The summed E-state index contributed by atoms with van der Waals surface area (Å²) >= 11 is 1.12. The third kappa shape index (κ3) is 5.14. The van der Waals surface area contributed by atoms with E-state index in [1.54, 1.807) is 5.38 Å². The van der Waals surface area contributed by atoms with Crippen molar-refractivity contribution >= 4 is 32.3 Å². The molecule has 0 amide bonds. The van der Waals surface area contributed by atoms with Crippen molar-refractivity contribution in [3.05, 3.63) is 11.1 Å². The number of ketones is 1. The van der Waals surface area contributed by atoms with Crippen LogP contribution in [0.5, 0.6) is 0 Å². The Bertz CT molecular complexity index is 527. The minimum Gasteiger partial charge on any atom is -0.293 e. The number of nitrogens with zero attached hydrogens (tertiary/aromatic N) is 1. The zero-order valence-corrected chi connectivity index (χ0v) is 12.6. The number of thiazole rings is 1. The summed E-state index contributed by atoms with van der Waals surface area (Å²) < 4.78 is 26.0. The standard InChI is InChI=1S/C11H18N2O3S2/c1-8(14)9-7-17-10(12-9)13-18(15,16)6-5-11(2,3)4/h7H,5-6H2,1-4H3,(H,12,13). The quantitative estimate of drug-likeness (QED) is 0.845. The van der Waals surface area contributed by atoms with Gasteiger partial charge in [0, 0.05) is 12.3 Å². The highest BCUT2D eigenvalue weighted by Gasteiger charge is 2.18. The van der Waals surface area contributed by atoms with Gasteiger partial charge in [-0.05, 0) is 11.8 Å². The molecule has 0 unspecified atom stereocenters. The molecule has 1 rings (SSSR count). The van der Waals surface area contributed by atoms with Crippen LogP contribution in [0.1, 0.15) is 44.6 Å². The first-order valence-electron chi connectivity index (χ1n) is 5.56. The van der Waals surface area contributed by atoms with E-state index in [4.69, 9.17) is 0 Å². The molecule has 0 spiro atoms. The molecule has 1 aromatic rings. The molecule has 18 heavy (non-hydrogen) atoms. The van der Waals surface area contributed by atoms with Gasteiger partial charge in [0.1, 0.15) is 5.69 Å². The Morgan fingerprint density at radius 2 is 2.06 bits per heavy atom. The maximum absolute atomic E-state index is 11.8. The van der Waals surface area contributed by atoms with Crippen LogP contribution >= 0.6 is 11.3 Å². The van der Waals surface area contributed by atoms with E-state index in [9.17, 15) is 13.2 Å². The summed E-state index contributed by atoms with van der Waals surface area (Å²) in [5.41, 5.74) is 0.246. The van der Waals surface area contributed by atoms with Crippen molar-refractivity contribution in [3.8, 4) is 0 Å². The first-order chi connectivity index (χ1) is 8.09. The number of sulfonamides is 1. The number of hydrogen-bond donors (Lipinski definition) is 1. The first-order valence-corrected chi connectivity index (χ1v) is 8.09. The van der Waals surface area contributed by atoms with Gasteiger partial charge >= 0.3 is 0 Å². The summed E-state index contributed by atoms with van der Waals surface area (Å²) in [6.45, 7) is 7.35. The number of aromatic nitrogens is 1. The molecule has 0 fully saturated rings. The molecule has 0 aromatic carbocycles. The van der Waals surface area contributed by atoms with E-state index < -0.39 is 10.0 Å². The maximum atomic E-state index is 11.8. The number of carbonyl (C=O) groups is 1. The molecule has 5 nitrogen and oxygen atoms in total. The van der Waals surface area contributed by atoms with Crippen LogP contribution in [0.2, 0.25) is 0 Å². The maximum Gasteiger partial charge on any atom is 0.234 e. The van der Waals surface area contributed by atoms with Gasteiger partial charge in [0.25, 0.3) is 0 Å². The molecule has 0 aliphatic carbocycles. The second-order valence-electron chi connectivity index (χ2n) is 5.33. The predicted octanol–water partition coefficient (Wildman–Crippen LogP) is 2.52. The van der Waals surface area contributed by atoms with Crippen molar-refractivity contribution in [1.29, 1.82) is 0 Å². The number of Topliss-reactive ketones (excluding diaryl/α,β-unsaturated/α-hetero) is 1. The highest BCUT2D eigenvalue weighted by molar-refractivity contribution is 7.92. The molecule has 0 saturated heterocycles. The van der Waals surface area contributed by atoms with E-state index in [2.05, 4.69) is 9.71 Å². The lowest BCUT2D eigenvalue weighted by Gasteiger charge is -2.17. The first kappa shape index (κ1) is 15.1. The number of nitrogens with one attached hydrogen (secondary N) is 1. The monoisotopic (exact) mass is 290 g/mol. The number of rotatable bonds is 5. The van der Waals surface area contributed by atoms with Gasteiger partial charge < -0.3 is 0 Å². The number of carbonyl (C=O) groups excluding carboxylic acids is 1. The van der Waals surface area contributed by atoms with E-state index in [1.165, 1.54) is 6.92 Å². The number of anilines is 1. The van der Waals surface area contributed by atoms with E-state index >= 15 is 0 Å². The van der Waals surface area contributed by atoms with Crippen molar-refractivity contribution < 1.29 is 13.2 Å². The van der Waals surface area contributed by atoms with E-state index in [1.807, 2.05) is 20.8 Å². The average Bonchev–Trinajstić information content (AvgIpc) is 2.62. The molecule has 1 aromatic heterocycles. The second kappa shape index (κ2) is 5.36. The fraction of sp³-hybridized carbons (Fsp3) is 0.636. The summed E-state index contributed by atoms with van der Waals surface area (Å²) in [5, 5.41) is 1.79. The molecule has 102 valence electrons. The molecule has 0 atom stereocenters. The Hall–Kier alpha value is -0.950. The van der Waals surface area contributed by atoms with Crippen LogP contribution in [-0.2, 0) is 10.0 Å². The zero-order valence-electron chi connectivity index (χ0n) is 11.0. The average molecular weight is 290 g/mol. The van der Waals surface area contributed by atoms with Gasteiger partial charge in [-0.25, -0.2) is 13.4 Å². The second-order valence-corrected chi connectivity index (χ2v) is 8.03. The van der Waals surface area contributed by atoms with Crippen LogP contribution < -0.4 is 4.72 Å². The molecule has 7 heteroatoms. The normalized spacial score (nSPS) is 12.4. The largest absolute Gasteiger partial charge is 0.293 e. The molecular weight excluding hydrogens is 272 g/mol. The Balaban J connectivity index is 2.67. The summed E-state index contributed by atoms with van der Waals surface area (Å²) in [6, 6.07) is 0. The smallest absolute Gasteiger partial charge is 0.234 e.